The van der Waals surface area contributed by atoms with Crippen molar-refractivity contribution in [2.45, 2.75) is 31.4 Å². The molecule has 0 aliphatic carbocycles. The zero-order valence-corrected chi connectivity index (χ0v) is 15.1. The lowest BCUT2D eigenvalue weighted by atomic mass is 10.1. The summed E-state index contributed by atoms with van der Waals surface area (Å²) in [6, 6.07) is 4.90. The Labute approximate surface area is 152 Å². The molecule has 0 aromatic heterocycles. The molecule has 2 heterocycles. The molecular formula is C18H25N3O5. The van der Waals surface area contributed by atoms with Crippen molar-refractivity contribution in [3.63, 3.8) is 0 Å². The van der Waals surface area contributed by atoms with Crippen LogP contribution in [0.2, 0.25) is 0 Å². The van der Waals surface area contributed by atoms with E-state index in [9.17, 15) is 14.7 Å². The molecule has 8 nitrogen and oxygen atoms in total. The Morgan fingerprint density at radius 1 is 1.19 bits per heavy atom. The van der Waals surface area contributed by atoms with Crippen LogP contribution < -0.4 is 19.7 Å². The summed E-state index contributed by atoms with van der Waals surface area (Å²) in [6.07, 6.45) is 1.12. The first-order valence-corrected chi connectivity index (χ1v) is 8.77. The van der Waals surface area contributed by atoms with Crippen LogP contribution in [0.1, 0.15) is 19.3 Å². The van der Waals surface area contributed by atoms with Gasteiger partial charge in [0.2, 0.25) is 5.91 Å². The van der Waals surface area contributed by atoms with Gasteiger partial charge in [-0.3, -0.25) is 4.79 Å². The van der Waals surface area contributed by atoms with Crippen LogP contribution in [0.15, 0.2) is 18.2 Å². The zero-order valence-electron chi connectivity index (χ0n) is 15.1. The van der Waals surface area contributed by atoms with Crippen LogP contribution in [0.25, 0.3) is 0 Å². The predicted octanol–water partition coefficient (Wildman–Crippen LogP) is 0.975. The molecule has 1 atom stereocenters. The van der Waals surface area contributed by atoms with E-state index in [1.807, 2.05) is 0 Å². The number of piperidine rings is 1. The first-order valence-electron chi connectivity index (χ1n) is 8.77. The minimum absolute atomic E-state index is 0.0448. The van der Waals surface area contributed by atoms with Crippen molar-refractivity contribution < 1.29 is 24.2 Å². The van der Waals surface area contributed by atoms with E-state index in [4.69, 9.17) is 9.47 Å². The van der Waals surface area contributed by atoms with E-state index in [-0.39, 0.29) is 30.5 Å². The second-order valence-electron chi connectivity index (χ2n) is 6.61. The Balaban J connectivity index is 1.62. The molecule has 142 valence electrons. The fourth-order valence-corrected chi connectivity index (χ4v) is 3.38. The minimum atomic E-state index is -0.326. The van der Waals surface area contributed by atoms with Crippen LogP contribution in [0.3, 0.4) is 0 Å². The number of aliphatic hydroxyl groups excluding tert-OH is 1. The topological polar surface area (TPSA) is 91.3 Å². The molecule has 1 aromatic rings. The van der Waals surface area contributed by atoms with Gasteiger partial charge >= 0.3 is 6.03 Å². The van der Waals surface area contributed by atoms with Crippen molar-refractivity contribution in [3.05, 3.63) is 18.2 Å². The molecule has 3 amide bonds. The third-order valence-corrected chi connectivity index (χ3v) is 4.88. The second-order valence-corrected chi connectivity index (χ2v) is 6.61. The summed E-state index contributed by atoms with van der Waals surface area (Å²) in [7, 11) is 3.11. The Kier molecular flexibility index (Phi) is 5.51. The normalized spacial score (nSPS) is 21.0. The van der Waals surface area contributed by atoms with Gasteiger partial charge in [-0.15, -0.1) is 0 Å². The maximum atomic E-state index is 12.4. The summed E-state index contributed by atoms with van der Waals surface area (Å²) < 4.78 is 10.5. The highest BCUT2D eigenvalue weighted by Crippen LogP contribution is 2.33. The molecule has 3 rings (SSSR count). The number of nitrogens with zero attached hydrogens (tertiary/aromatic N) is 2. The molecule has 0 radical (unpaired) electrons. The number of aliphatic hydroxyl groups is 1. The van der Waals surface area contributed by atoms with Gasteiger partial charge in [0, 0.05) is 37.8 Å². The smallest absolute Gasteiger partial charge is 0.317 e. The van der Waals surface area contributed by atoms with Crippen molar-refractivity contribution >= 4 is 17.6 Å². The molecule has 2 N–H and O–H groups in total. The number of carbonyl (C=O) groups is 2. The number of anilines is 1. The lowest BCUT2D eigenvalue weighted by Crippen LogP contribution is -2.49. The van der Waals surface area contributed by atoms with Gasteiger partial charge in [-0.1, -0.05) is 0 Å². The average molecular weight is 363 g/mol. The molecule has 0 spiro atoms. The fraction of sp³-hybridized carbons (Fsp3) is 0.556. The molecular weight excluding hydrogens is 338 g/mol. The highest BCUT2D eigenvalue weighted by Gasteiger charge is 2.33. The van der Waals surface area contributed by atoms with E-state index in [1.54, 1.807) is 42.2 Å². The number of methoxy groups -OCH3 is 2. The standard InChI is InChI=1S/C18H25N3O5/c1-25-15-4-3-13(10-16(15)26-2)21-11-12(9-17(21)23)19-18(24)20-7-5-14(22)6-8-20/h3-4,10,12,14,22H,5-9,11H2,1-2H3,(H,19,24)/t12-/m1/s1. The lowest BCUT2D eigenvalue weighted by Gasteiger charge is -2.30. The lowest BCUT2D eigenvalue weighted by molar-refractivity contribution is -0.117. The summed E-state index contributed by atoms with van der Waals surface area (Å²) in [6.45, 7) is 1.48. The molecule has 2 aliphatic heterocycles. The van der Waals surface area contributed by atoms with Crippen LogP contribution in [-0.2, 0) is 4.79 Å². The number of carbonyl (C=O) groups excluding carboxylic acids is 2. The number of benzene rings is 1. The van der Waals surface area contributed by atoms with E-state index < -0.39 is 0 Å². The van der Waals surface area contributed by atoms with E-state index in [1.165, 1.54) is 0 Å². The van der Waals surface area contributed by atoms with Crippen LogP contribution in [0.5, 0.6) is 11.5 Å². The number of amides is 3. The minimum Gasteiger partial charge on any atom is -0.493 e. The van der Waals surface area contributed by atoms with E-state index in [2.05, 4.69) is 5.32 Å². The highest BCUT2D eigenvalue weighted by atomic mass is 16.5. The molecule has 2 saturated heterocycles. The third-order valence-electron chi connectivity index (χ3n) is 4.88. The largest absolute Gasteiger partial charge is 0.493 e. The SMILES string of the molecule is COc1ccc(N2C[C@H](NC(=O)N3CCC(O)CC3)CC2=O)cc1OC. The summed E-state index contributed by atoms with van der Waals surface area (Å²) in [5.41, 5.74) is 0.713. The van der Waals surface area contributed by atoms with Gasteiger partial charge < -0.3 is 29.7 Å². The van der Waals surface area contributed by atoms with Gasteiger partial charge in [-0.25, -0.2) is 4.79 Å². The second kappa shape index (κ2) is 7.82. The van der Waals surface area contributed by atoms with Crippen molar-refractivity contribution in [1.29, 1.82) is 0 Å². The highest BCUT2D eigenvalue weighted by molar-refractivity contribution is 5.97. The molecule has 26 heavy (non-hydrogen) atoms. The number of hydrogen-bond donors (Lipinski definition) is 2. The number of nitrogens with one attached hydrogen (secondary N) is 1. The monoisotopic (exact) mass is 363 g/mol. The predicted molar refractivity (Wildman–Crippen MR) is 95.6 cm³/mol. The van der Waals surface area contributed by atoms with Crippen LogP contribution in [0, 0.1) is 0 Å². The Bertz CT molecular complexity index is 673. The van der Waals surface area contributed by atoms with Gasteiger partial charge in [0.25, 0.3) is 0 Å². The van der Waals surface area contributed by atoms with E-state index in [0.717, 1.165) is 0 Å². The molecule has 0 saturated carbocycles. The molecule has 8 heteroatoms. The van der Waals surface area contributed by atoms with Crippen molar-refractivity contribution in [2.75, 3.05) is 38.8 Å². The average Bonchev–Trinajstić information content (AvgIpc) is 3.01. The molecule has 2 fully saturated rings. The first kappa shape index (κ1) is 18.3. The number of rotatable bonds is 4. The molecule has 1 aromatic carbocycles. The third kappa shape index (κ3) is 3.85. The van der Waals surface area contributed by atoms with Crippen molar-refractivity contribution in [1.82, 2.24) is 10.2 Å². The summed E-state index contributed by atoms with van der Waals surface area (Å²) >= 11 is 0. The first-order chi connectivity index (χ1) is 12.5. The van der Waals surface area contributed by atoms with Crippen LogP contribution in [0.4, 0.5) is 10.5 Å². The summed E-state index contributed by atoms with van der Waals surface area (Å²) in [5, 5.41) is 12.5. The fourth-order valence-electron chi connectivity index (χ4n) is 3.38. The molecule has 2 aliphatic rings. The Morgan fingerprint density at radius 3 is 2.54 bits per heavy atom. The summed E-state index contributed by atoms with van der Waals surface area (Å²) in [5.74, 6) is 1.11. The van der Waals surface area contributed by atoms with Gasteiger partial charge in [-0.2, -0.15) is 0 Å². The molecule has 0 bridgehead atoms. The number of ether oxygens (including phenoxy) is 2. The van der Waals surface area contributed by atoms with Crippen LogP contribution >= 0.6 is 0 Å². The van der Waals surface area contributed by atoms with Crippen LogP contribution in [-0.4, -0.2) is 67.9 Å². The number of urea groups is 1. The number of hydrogen-bond acceptors (Lipinski definition) is 5. The van der Waals surface area contributed by atoms with Crippen molar-refractivity contribution in [2.24, 2.45) is 0 Å². The quantitative estimate of drug-likeness (QED) is 0.832. The Hall–Kier alpha value is -2.48. The Morgan fingerprint density at radius 2 is 1.88 bits per heavy atom. The van der Waals surface area contributed by atoms with Crippen molar-refractivity contribution in [3.8, 4) is 11.5 Å². The van der Waals surface area contributed by atoms with Gasteiger partial charge in [0.15, 0.2) is 11.5 Å². The van der Waals surface area contributed by atoms with Gasteiger partial charge in [-0.05, 0) is 25.0 Å². The maximum Gasteiger partial charge on any atom is 0.317 e. The maximum absolute atomic E-state index is 12.4. The van der Waals surface area contributed by atoms with Gasteiger partial charge in [0.05, 0.1) is 26.4 Å². The molecule has 0 unspecified atom stereocenters. The zero-order chi connectivity index (χ0) is 18.7. The van der Waals surface area contributed by atoms with Gasteiger partial charge in [0.1, 0.15) is 0 Å². The van der Waals surface area contributed by atoms with E-state index in [0.29, 0.717) is 49.7 Å². The number of likely N-dealkylation sites (tertiary alicyclic amines) is 1. The van der Waals surface area contributed by atoms with E-state index >= 15 is 0 Å². The summed E-state index contributed by atoms with van der Waals surface area (Å²) in [4.78, 5) is 28.1.